The van der Waals surface area contributed by atoms with Crippen molar-refractivity contribution >= 4 is 23.2 Å². The third-order valence-corrected chi connectivity index (χ3v) is 3.37. The number of nitrogens with one attached hydrogen (secondary N) is 1. The largest absolute Gasteiger partial charge is 0.398 e. The van der Waals surface area contributed by atoms with Crippen molar-refractivity contribution in [2.75, 3.05) is 12.3 Å². The molecule has 0 unspecified atom stereocenters. The van der Waals surface area contributed by atoms with Crippen molar-refractivity contribution in [3.05, 3.63) is 64.7 Å². The van der Waals surface area contributed by atoms with Crippen molar-refractivity contribution in [1.82, 2.24) is 5.32 Å². The summed E-state index contributed by atoms with van der Waals surface area (Å²) < 4.78 is 0. The van der Waals surface area contributed by atoms with Gasteiger partial charge in [0, 0.05) is 12.1 Å². The van der Waals surface area contributed by atoms with Crippen LogP contribution in [-0.4, -0.2) is 12.5 Å². The van der Waals surface area contributed by atoms with Crippen LogP contribution in [0.1, 0.15) is 22.3 Å². The molecule has 0 aliphatic rings. The molecule has 104 valence electrons. The van der Waals surface area contributed by atoms with Crippen molar-refractivity contribution in [2.45, 2.75) is 12.8 Å². The van der Waals surface area contributed by atoms with Gasteiger partial charge in [0.25, 0.3) is 5.91 Å². The molecule has 0 radical (unpaired) electrons. The van der Waals surface area contributed by atoms with E-state index in [9.17, 15) is 4.79 Å². The summed E-state index contributed by atoms with van der Waals surface area (Å²) in [5, 5.41) is 3.34. The fraction of sp³-hybridized carbons (Fsp3) is 0.188. The summed E-state index contributed by atoms with van der Waals surface area (Å²) in [6.45, 7) is 0.635. The Morgan fingerprint density at radius 3 is 2.60 bits per heavy atom. The van der Waals surface area contributed by atoms with E-state index >= 15 is 0 Å². The van der Waals surface area contributed by atoms with Gasteiger partial charge in [-0.05, 0) is 36.6 Å². The van der Waals surface area contributed by atoms with Crippen LogP contribution in [0, 0.1) is 0 Å². The first-order chi connectivity index (χ1) is 9.66. The molecule has 0 atom stereocenters. The van der Waals surface area contributed by atoms with Crippen LogP contribution in [0.2, 0.25) is 5.02 Å². The lowest BCUT2D eigenvalue weighted by Crippen LogP contribution is -2.24. The normalized spacial score (nSPS) is 10.2. The zero-order valence-electron chi connectivity index (χ0n) is 11.1. The highest BCUT2D eigenvalue weighted by Gasteiger charge is 2.06. The van der Waals surface area contributed by atoms with Crippen molar-refractivity contribution in [3.63, 3.8) is 0 Å². The van der Waals surface area contributed by atoms with Gasteiger partial charge in [0.1, 0.15) is 0 Å². The Morgan fingerprint density at radius 2 is 1.90 bits per heavy atom. The third-order valence-electron chi connectivity index (χ3n) is 3.03. The Labute approximate surface area is 123 Å². The number of nitrogen functional groups attached to an aromatic ring is 1. The minimum absolute atomic E-state index is 0.124. The number of carbonyl (C=O) groups is 1. The standard InChI is InChI=1S/C16H17ClN2O/c17-14-9-8-13(11-15(14)18)16(20)19-10-4-7-12-5-2-1-3-6-12/h1-3,5-6,8-9,11H,4,7,10,18H2,(H,19,20). The van der Waals surface area contributed by atoms with E-state index in [0.717, 1.165) is 12.8 Å². The van der Waals surface area contributed by atoms with Gasteiger partial charge in [0.05, 0.1) is 10.7 Å². The first-order valence-electron chi connectivity index (χ1n) is 6.54. The van der Waals surface area contributed by atoms with Crippen LogP contribution in [-0.2, 0) is 6.42 Å². The van der Waals surface area contributed by atoms with E-state index < -0.39 is 0 Å². The van der Waals surface area contributed by atoms with Crippen LogP contribution in [0.15, 0.2) is 48.5 Å². The van der Waals surface area contributed by atoms with Crippen LogP contribution in [0.3, 0.4) is 0 Å². The van der Waals surface area contributed by atoms with Crippen LogP contribution in [0.25, 0.3) is 0 Å². The first-order valence-corrected chi connectivity index (χ1v) is 6.92. The van der Waals surface area contributed by atoms with E-state index in [1.807, 2.05) is 18.2 Å². The Hall–Kier alpha value is -2.00. The van der Waals surface area contributed by atoms with Gasteiger partial charge in [0.15, 0.2) is 0 Å². The maximum atomic E-state index is 11.9. The zero-order chi connectivity index (χ0) is 14.4. The monoisotopic (exact) mass is 288 g/mol. The second kappa shape index (κ2) is 6.96. The Balaban J connectivity index is 1.79. The molecule has 2 aromatic rings. The third kappa shape index (κ3) is 4.00. The number of carbonyl (C=O) groups excluding carboxylic acids is 1. The van der Waals surface area contributed by atoms with Crippen LogP contribution >= 0.6 is 11.6 Å². The van der Waals surface area contributed by atoms with Gasteiger partial charge >= 0.3 is 0 Å². The second-order valence-corrected chi connectivity index (χ2v) is 4.99. The second-order valence-electron chi connectivity index (χ2n) is 4.58. The summed E-state index contributed by atoms with van der Waals surface area (Å²) >= 11 is 5.82. The molecule has 0 aromatic heterocycles. The van der Waals surface area contributed by atoms with E-state index in [0.29, 0.717) is 22.8 Å². The SMILES string of the molecule is Nc1cc(C(=O)NCCCc2ccccc2)ccc1Cl. The lowest BCUT2D eigenvalue weighted by atomic mass is 10.1. The van der Waals surface area contributed by atoms with Gasteiger partial charge in [-0.2, -0.15) is 0 Å². The average molecular weight is 289 g/mol. The number of anilines is 1. The molecular formula is C16H17ClN2O. The summed E-state index contributed by atoms with van der Waals surface area (Å²) in [4.78, 5) is 11.9. The van der Waals surface area contributed by atoms with Crippen molar-refractivity contribution in [2.24, 2.45) is 0 Å². The number of halogens is 1. The number of aryl methyl sites for hydroxylation is 1. The maximum Gasteiger partial charge on any atom is 0.251 e. The van der Waals surface area contributed by atoms with Crippen molar-refractivity contribution in [3.8, 4) is 0 Å². The minimum atomic E-state index is -0.124. The van der Waals surface area contributed by atoms with E-state index in [1.165, 1.54) is 5.56 Å². The molecule has 0 aliphatic carbocycles. The Bertz CT molecular complexity index is 584. The molecule has 0 fully saturated rings. The number of benzene rings is 2. The molecule has 0 spiro atoms. The van der Waals surface area contributed by atoms with Crippen molar-refractivity contribution < 1.29 is 4.79 Å². The molecule has 0 saturated carbocycles. The predicted octanol–water partition coefficient (Wildman–Crippen LogP) is 3.28. The molecule has 0 heterocycles. The Morgan fingerprint density at radius 1 is 1.15 bits per heavy atom. The number of rotatable bonds is 5. The molecule has 0 saturated heterocycles. The number of hydrogen-bond acceptors (Lipinski definition) is 2. The highest BCUT2D eigenvalue weighted by molar-refractivity contribution is 6.33. The zero-order valence-corrected chi connectivity index (χ0v) is 11.9. The summed E-state index contributed by atoms with van der Waals surface area (Å²) in [6, 6.07) is 15.1. The van der Waals surface area contributed by atoms with Crippen LogP contribution in [0.4, 0.5) is 5.69 Å². The van der Waals surface area contributed by atoms with Gasteiger partial charge in [-0.3, -0.25) is 4.79 Å². The molecule has 2 aromatic carbocycles. The highest BCUT2D eigenvalue weighted by Crippen LogP contribution is 2.19. The lowest BCUT2D eigenvalue weighted by molar-refractivity contribution is 0.0953. The van der Waals surface area contributed by atoms with Crippen LogP contribution in [0.5, 0.6) is 0 Å². The summed E-state index contributed by atoms with van der Waals surface area (Å²) in [5.74, 6) is -0.124. The molecule has 0 aliphatic heterocycles. The molecular weight excluding hydrogens is 272 g/mol. The van der Waals surface area contributed by atoms with E-state index in [-0.39, 0.29) is 5.91 Å². The fourth-order valence-corrected chi connectivity index (χ4v) is 2.04. The topological polar surface area (TPSA) is 55.1 Å². The molecule has 2 rings (SSSR count). The van der Waals surface area contributed by atoms with Crippen LogP contribution < -0.4 is 11.1 Å². The average Bonchev–Trinajstić information content (AvgIpc) is 2.47. The minimum Gasteiger partial charge on any atom is -0.398 e. The van der Waals surface area contributed by atoms with Gasteiger partial charge < -0.3 is 11.1 Å². The van der Waals surface area contributed by atoms with Gasteiger partial charge in [0.2, 0.25) is 0 Å². The fourth-order valence-electron chi connectivity index (χ4n) is 1.93. The molecule has 3 nitrogen and oxygen atoms in total. The molecule has 4 heteroatoms. The molecule has 20 heavy (non-hydrogen) atoms. The maximum absolute atomic E-state index is 11.9. The van der Waals surface area contributed by atoms with Gasteiger partial charge in [-0.1, -0.05) is 41.9 Å². The molecule has 0 bridgehead atoms. The van der Waals surface area contributed by atoms with Gasteiger partial charge in [-0.25, -0.2) is 0 Å². The lowest BCUT2D eigenvalue weighted by Gasteiger charge is -2.06. The van der Waals surface area contributed by atoms with Crippen molar-refractivity contribution in [1.29, 1.82) is 0 Å². The highest BCUT2D eigenvalue weighted by atomic mass is 35.5. The summed E-state index contributed by atoms with van der Waals surface area (Å²) in [5.41, 5.74) is 7.91. The number of hydrogen-bond donors (Lipinski definition) is 2. The predicted molar refractivity (Wildman–Crippen MR) is 83.0 cm³/mol. The Kier molecular flexibility index (Phi) is 5.02. The molecule has 1 amide bonds. The quantitative estimate of drug-likeness (QED) is 0.655. The summed E-state index contributed by atoms with van der Waals surface area (Å²) in [6.07, 6.45) is 1.85. The van der Waals surface area contributed by atoms with E-state index in [1.54, 1.807) is 18.2 Å². The van der Waals surface area contributed by atoms with E-state index in [4.69, 9.17) is 17.3 Å². The number of nitrogens with two attached hydrogens (primary N) is 1. The summed E-state index contributed by atoms with van der Waals surface area (Å²) in [7, 11) is 0. The first kappa shape index (κ1) is 14.4. The van der Waals surface area contributed by atoms with E-state index in [2.05, 4.69) is 17.4 Å². The number of amides is 1. The van der Waals surface area contributed by atoms with Gasteiger partial charge in [-0.15, -0.1) is 0 Å². The smallest absolute Gasteiger partial charge is 0.251 e. The molecule has 3 N–H and O–H groups in total.